The van der Waals surface area contributed by atoms with Crippen molar-refractivity contribution in [3.63, 3.8) is 0 Å². The van der Waals surface area contributed by atoms with Gasteiger partial charge in [-0.05, 0) is 45.0 Å². The zero-order valence-electron chi connectivity index (χ0n) is 14.9. The quantitative estimate of drug-likeness (QED) is 0.771. The molecule has 1 saturated heterocycles. The highest BCUT2D eigenvalue weighted by molar-refractivity contribution is 6.02. The normalized spacial score (nSPS) is 19.7. The number of anilines is 1. The van der Waals surface area contributed by atoms with Crippen molar-refractivity contribution in [1.82, 2.24) is 10.2 Å². The third-order valence-corrected chi connectivity index (χ3v) is 4.74. The molecule has 3 rings (SSSR count). The van der Waals surface area contributed by atoms with Crippen LogP contribution in [-0.4, -0.2) is 55.3 Å². The van der Waals surface area contributed by atoms with Gasteiger partial charge in [0.05, 0.1) is 12.2 Å². The lowest BCUT2D eigenvalue weighted by molar-refractivity contribution is -0.131. The number of likely N-dealkylation sites (tertiary alicyclic amines) is 1. The van der Waals surface area contributed by atoms with Gasteiger partial charge in [0.25, 0.3) is 5.91 Å². The summed E-state index contributed by atoms with van der Waals surface area (Å²) in [6.45, 7) is 3.19. The highest BCUT2D eigenvalue weighted by Crippen LogP contribution is 2.32. The average Bonchev–Trinajstić information content (AvgIpc) is 2.62. The Hall–Kier alpha value is -2.12. The maximum absolute atomic E-state index is 12.8. The van der Waals surface area contributed by atoms with E-state index < -0.39 is 6.10 Å². The Kier molecular flexibility index (Phi) is 6.61. The van der Waals surface area contributed by atoms with Crippen molar-refractivity contribution >= 4 is 35.7 Å². The molecule has 0 saturated carbocycles. The van der Waals surface area contributed by atoms with Crippen LogP contribution >= 0.6 is 12.4 Å². The fourth-order valence-corrected chi connectivity index (χ4v) is 3.25. The van der Waals surface area contributed by atoms with Crippen molar-refractivity contribution in [3.8, 4) is 5.75 Å². The van der Waals surface area contributed by atoms with Gasteiger partial charge >= 0.3 is 0 Å². The van der Waals surface area contributed by atoms with Crippen molar-refractivity contribution in [2.24, 2.45) is 5.92 Å². The molecule has 2 aliphatic heterocycles. The number of Topliss-reactive ketones (excluding diaryl/α,β-unsaturated/α-hetero) is 1. The summed E-state index contributed by atoms with van der Waals surface area (Å²) in [5.41, 5.74) is 1.10. The Morgan fingerprint density at radius 1 is 1.31 bits per heavy atom. The topological polar surface area (TPSA) is 87.7 Å². The van der Waals surface area contributed by atoms with Crippen LogP contribution in [0.5, 0.6) is 5.75 Å². The second-order valence-electron chi connectivity index (χ2n) is 6.51. The van der Waals surface area contributed by atoms with Crippen LogP contribution in [0.25, 0.3) is 0 Å². The number of amides is 2. The Labute approximate surface area is 158 Å². The first kappa shape index (κ1) is 20.2. The SMILES string of the molecule is CNCC(=O)N1CCC(C(=O)c2ccc3c(c2)NC(=O)C(C)O3)CC1.Cl. The summed E-state index contributed by atoms with van der Waals surface area (Å²) < 4.78 is 5.51. The molecular formula is C18H24ClN3O4. The number of nitrogens with zero attached hydrogens (tertiary/aromatic N) is 1. The Bertz CT molecular complexity index is 702. The number of ether oxygens (including phenoxy) is 1. The van der Waals surface area contributed by atoms with E-state index in [9.17, 15) is 14.4 Å². The number of carbonyl (C=O) groups is 3. The van der Waals surface area contributed by atoms with E-state index in [1.165, 1.54) is 0 Å². The summed E-state index contributed by atoms with van der Waals surface area (Å²) in [7, 11) is 1.74. The smallest absolute Gasteiger partial charge is 0.265 e. The van der Waals surface area contributed by atoms with E-state index in [0.717, 1.165) is 0 Å². The number of halogens is 1. The Morgan fingerprint density at radius 2 is 2.00 bits per heavy atom. The van der Waals surface area contributed by atoms with Crippen molar-refractivity contribution in [2.45, 2.75) is 25.9 Å². The minimum Gasteiger partial charge on any atom is -0.479 e. The first-order valence-electron chi connectivity index (χ1n) is 8.57. The number of benzene rings is 1. The molecule has 2 heterocycles. The van der Waals surface area contributed by atoms with E-state index in [4.69, 9.17) is 4.74 Å². The molecule has 1 fully saturated rings. The molecule has 1 atom stereocenters. The number of nitrogens with one attached hydrogen (secondary N) is 2. The van der Waals surface area contributed by atoms with Gasteiger partial charge < -0.3 is 20.3 Å². The van der Waals surface area contributed by atoms with E-state index in [2.05, 4.69) is 10.6 Å². The Balaban J connectivity index is 0.00000243. The predicted octanol–water partition coefficient (Wildman–Crippen LogP) is 1.47. The zero-order valence-corrected chi connectivity index (χ0v) is 15.7. The molecule has 0 aliphatic carbocycles. The van der Waals surface area contributed by atoms with E-state index in [0.29, 0.717) is 49.5 Å². The van der Waals surface area contributed by atoms with E-state index in [1.807, 2.05) is 0 Å². The average molecular weight is 382 g/mol. The zero-order chi connectivity index (χ0) is 18.0. The molecule has 2 amide bonds. The van der Waals surface area contributed by atoms with Gasteiger partial charge in [-0.25, -0.2) is 0 Å². The fraction of sp³-hybridized carbons (Fsp3) is 0.500. The molecular weight excluding hydrogens is 358 g/mol. The molecule has 2 aliphatic rings. The lowest BCUT2D eigenvalue weighted by atomic mass is 9.88. The van der Waals surface area contributed by atoms with Gasteiger partial charge in [0.1, 0.15) is 5.75 Å². The summed E-state index contributed by atoms with van der Waals surface area (Å²) >= 11 is 0. The highest BCUT2D eigenvalue weighted by Gasteiger charge is 2.29. The number of ketones is 1. The first-order valence-corrected chi connectivity index (χ1v) is 8.57. The summed E-state index contributed by atoms with van der Waals surface area (Å²) in [6.07, 6.45) is 0.782. The number of rotatable bonds is 4. The summed E-state index contributed by atoms with van der Waals surface area (Å²) in [5.74, 6) is 0.382. The molecule has 8 heteroatoms. The van der Waals surface area contributed by atoms with Crippen LogP contribution < -0.4 is 15.4 Å². The molecule has 0 radical (unpaired) electrons. The fourth-order valence-electron chi connectivity index (χ4n) is 3.25. The van der Waals surface area contributed by atoms with Gasteiger partial charge in [-0.15, -0.1) is 12.4 Å². The van der Waals surface area contributed by atoms with Gasteiger partial charge in [0, 0.05) is 24.6 Å². The van der Waals surface area contributed by atoms with Crippen LogP contribution in [0.3, 0.4) is 0 Å². The second-order valence-corrected chi connectivity index (χ2v) is 6.51. The number of hydrogen-bond acceptors (Lipinski definition) is 5. The first-order chi connectivity index (χ1) is 12.0. The maximum atomic E-state index is 12.8. The van der Waals surface area contributed by atoms with Crippen LogP contribution in [0.4, 0.5) is 5.69 Å². The van der Waals surface area contributed by atoms with E-state index in [1.54, 1.807) is 37.1 Å². The molecule has 2 N–H and O–H groups in total. The molecule has 1 aromatic carbocycles. The standard InChI is InChI=1S/C18H23N3O4.ClH/c1-11-18(24)20-14-9-13(3-4-15(14)25-11)17(23)12-5-7-21(8-6-12)16(22)10-19-2;/h3-4,9,11-12,19H,5-8,10H2,1-2H3,(H,20,24);1H. The molecule has 0 spiro atoms. The predicted molar refractivity (Wildman–Crippen MR) is 100.0 cm³/mol. The van der Waals surface area contributed by atoms with Crippen LogP contribution in [-0.2, 0) is 9.59 Å². The maximum Gasteiger partial charge on any atom is 0.265 e. The van der Waals surface area contributed by atoms with Crippen molar-refractivity contribution < 1.29 is 19.1 Å². The van der Waals surface area contributed by atoms with Gasteiger partial charge in [-0.2, -0.15) is 0 Å². The second kappa shape index (κ2) is 8.51. The number of fused-ring (bicyclic) bond motifs is 1. The number of likely N-dealkylation sites (N-methyl/N-ethyl adjacent to an activating group) is 1. The summed E-state index contributed by atoms with van der Waals surface area (Å²) in [4.78, 5) is 38.2. The van der Waals surface area contributed by atoms with E-state index >= 15 is 0 Å². The molecule has 0 aromatic heterocycles. The number of hydrogen-bond donors (Lipinski definition) is 2. The van der Waals surface area contributed by atoms with Gasteiger partial charge in [-0.3, -0.25) is 14.4 Å². The van der Waals surface area contributed by atoms with Crippen LogP contribution in [0.1, 0.15) is 30.1 Å². The third kappa shape index (κ3) is 4.16. The van der Waals surface area contributed by atoms with E-state index in [-0.39, 0.29) is 35.9 Å². The minimum atomic E-state index is -0.534. The van der Waals surface area contributed by atoms with Crippen LogP contribution in [0, 0.1) is 5.92 Å². The lowest BCUT2D eigenvalue weighted by Crippen LogP contribution is -2.43. The monoisotopic (exact) mass is 381 g/mol. The van der Waals surface area contributed by atoms with Crippen molar-refractivity contribution in [2.75, 3.05) is 32.0 Å². The molecule has 7 nitrogen and oxygen atoms in total. The van der Waals surface area contributed by atoms with Crippen LogP contribution in [0.2, 0.25) is 0 Å². The van der Waals surface area contributed by atoms with Crippen molar-refractivity contribution in [1.29, 1.82) is 0 Å². The minimum absolute atomic E-state index is 0. The molecule has 26 heavy (non-hydrogen) atoms. The van der Waals surface area contributed by atoms with Gasteiger partial charge in [0.2, 0.25) is 5.91 Å². The molecule has 1 aromatic rings. The lowest BCUT2D eigenvalue weighted by Gasteiger charge is -2.31. The molecule has 1 unspecified atom stereocenters. The van der Waals surface area contributed by atoms with Crippen LogP contribution in [0.15, 0.2) is 18.2 Å². The molecule has 142 valence electrons. The number of carbonyl (C=O) groups excluding carboxylic acids is 3. The highest BCUT2D eigenvalue weighted by atomic mass is 35.5. The van der Waals surface area contributed by atoms with Gasteiger partial charge in [-0.1, -0.05) is 0 Å². The third-order valence-electron chi connectivity index (χ3n) is 4.74. The number of piperidine rings is 1. The summed E-state index contributed by atoms with van der Waals surface area (Å²) in [6, 6.07) is 5.15. The summed E-state index contributed by atoms with van der Waals surface area (Å²) in [5, 5.41) is 5.62. The van der Waals surface area contributed by atoms with Gasteiger partial charge in [0.15, 0.2) is 11.9 Å². The largest absolute Gasteiger partial charge is 0.479 e. The Morgan fingerprint density at radius 3 is 2.65 bits per heavy atom. The molecule has 0 bridgehead atoms. The van der Waals surface area contributed by atoms with Crippen molar-refractivity contribution in [3.05, 3.63) is 23.8 Å².